The van der Waals surface area contributed by atoms with E-state index in [-0.39, 0.29) is 0 Å². The van der Waals surface area contributed by atoms with Gasteiger partial charge in [0.1, 0.15) is 0 Å². The van der Waals surface area contributed by atoms with Crippen molar-refractivity contribution in [1.29, 1.82) is 0 Å². The van der Waals surface area contributed by atoms with Crippen LogP contribution in [0.3, 0.4) is 0 Å². The Balaban J connectivity index is 2.81. The molecule has 0 bridgehead atoms. The molecule has 1 heterocycles. The highest BCUT2D eigenvalue weighted by atomic mass is 79.9. The van der Waals surface area contributed by atoms with Crippen LogP contribution in [0.15, 0.2) is 28.9 Å². The fourth-order valence-corrected chi connectivity index (χ4v) is 1.97. The first-order valence-corrected chi connectivity index (χ1v) is 4.95. The van der Waals surface area contributed by atoms with Crippen LogP contribution in [0, 0.1) is 0 Å². The highest BCUT2D eigenvalue weighted by molar-refractivity contribution is 9.10. The SMILES string of the molecule is Cn1cc(CN)c2cc(Br)ccc21. The van der Waals surface area contributed by atoms with Crippen LogP contribution < -0.4 is 5.73 Å². The number of nitrogens with zero attached hydrogens (tertiary/aromatic N) is 1. The number of hydrogen-bond donors (Lipinski definition) is 1. The first-order chi connectivity index (χ1) is 6.22. The molecule has 2 nitrogen and oxygen atoms in total. The van der Waals surface area contributed by atoms with Gasteiger partial charge in [0, 0.05) is 35.2 Å². The molecule has 1 aromatic carbocycles. The number of halogens is 1. The van der Waals surface area contributed by atoms with Crippen LogP contribution in [0.25, 0.3) is 10.9 Å². The van der Waals surface area contributed by atoms with E-state index in [0.29, 0.717) is 6.54 Å². The summed E-state index contributed by atoms with van der Waals surface area (Å²) in [7, 11) is 2.04. The third kappa shape index (κ3) is 1.38. The van der Waals surface area contributed by atoms with Crippen LogP contribution in [0.4, 0.5) is 0 Å². The van der Waals surface area contributed by atoms with Crippen molar-refractivity contribution in [2.45, 2.75) is 6.54 Å². The molecule has 13 heavy (non-hydrogen) atoms. The van der Waals surface area contributed by atoms with Crippen LogP contribution in [-0.4, -0.2) is 4.57 Å². The van der Waals surface area contributed by atoms with Gasteiger partial charge in [-0.05, 0) is 23.8 Å². The molecular formula is C10H11BrN2. The van der Waals surface area contributed by atoms with Crippen molar-refractivity contribution in [3.8, 4) is 0 Å². The maximum atomic E-state index is 5.65. The molecule has 0 spiro atoms. The number of rotatable bonds is 1. The van der Waals surface area contributed by atoms with E-state index in [1.807, 2.05) is 13.1 Å². The Morgan fingerprint density at radius 3 is 2.92 bits per heavy atom. The zero-order valence-electron chi connectivity index (χ0n) is 7.42. The molecule has 3 heteroatoms. The van der Waals surface area contributed by atoms with Crippen molar-refractivity contribution in [3.63, 3.8) is 0 Å². The minimum Gasteiger partial charge on any atom is -0.350 e. The van der Waals surface area contributed by atoms with Crippen molar-refractivity contribution >= 4 is 26.8 Å². The second-order valence-electron chi connectivity index (χ2n) is 3.13. The molecule has 0 amide bonds. The molecule has 0 unspecified atom stereocenters. The molecule has 0 aliphatic carbocycles. The molecule has 0 saturated carbocycles. The van der Waals surface area contributed by atoms with E-state index in [4.69, 9.17) is 5.73 Å². The minimum atomic E-state index is 0.591. The number of hydrogen-bond acceptors (Lipinski definition) is 1. The normalized spacial score (nSPS) is 11.0. The van der Waals surface area contributed by atoms with Gasteiger partial charge in [-0.3, -0.25) is 0 Å². The second-order valence-corrected chi connectivity index (χ2v) is 4.05. The van der Waals surface area contributed by atoms with E-state index < -0.39 is 0 Å². The third-order valence-corrected chi connectivity index (χ3v) is 2.75. The van der Waals surface area contributed by atoms with Gasteiger partial charge in [-0.15, -0.1) is 0 Å². The molecular weight excluding hydrogens is 228 g/mol. The summed E-state index contributed by atoms with van der Waals surface area (Å²) in [6.45, 7) is 0.591. The fourth-order valence-electron chi connectivity index (χ4n) is 1.61. The van der Waals surface area contributed by atoms with Gasteiger partial charge < -0.3 is 10.3 Å². The molecule has 1 aromatic heterocycles. The topological polar surface area (TPSA) is 30.9 Å². The van der Waals surface area contributed by atoms with Gasteiger partial charge in [-0.25, -0.2) is 0 Å². The highest BCUT2D eigenvalue weighted by Crippen LogP contribution is 2.23. The zero-order chi connectivity index (χ0) is 9.42. The Morgan fingerprint density at radius 1 is 1.46 bits per heavy atom. The van der Waals surface area contributed by atoms with E-state index >= 15 is 0 Å². The molecule has 2 N–H and O–H groups in total. The molecule has 2 rings (SSSR count). The maximum absolute atomic E-state index is 5.65. The number of fused-ring (bicyclic) bond motifs is 1. The summed E-state index contributed by atoms with van der Waals surface area (Å²) >= 11 is 3.45. The Bertz CT molecular complexity index is 445. The van der Waals surface area contributed by atoms with E-state index in [2.05, 4.69) is 38.8 Å². The molecule has 0 saturated heterocycles. The van der Waals surface area contributed by atoms with Crippen molar-refractivity contribution in [3.05, 3.63) is 34.4 Å². The van der Waals surface area contributed by atoms with Crippen LogP contribution in [-0.2, 0) is 13.6 Å². The summed E-state index contributed by atoms with van der Waals surface area (Å²) in [5.74, 6) is 0. The summed E-state index contributed by atoms with van der Waals surface area (Å²) in [6, 6.07) is 6.25. The quantitative estimate of drug-likeness (QED) is 0.813. The lowest BCUT2D eigenvalue weighted by atomic mass is 10.2. The van der Waals surface area contributed by atoms with Gasteiger partial charge in [-0.1, -0.05) is 15.9 Å². The standard InChI is InChI=1S/C10H11BrN2/c1-13-6-7(5-12)9-4-8(11)2-3-10(9)13/h2-4,6H,5,12H2,1H3. The lowest BCUT2D eigenvalue weighted by Gasteiger charge is -1.96. The number of aryl methyl sites for hydroxylation is 1. The Kier molecular flexibility index (Phi) is 2.14. The van der Waals surface area contributed by atoms with Crippen molar-refractivity contribution in [2.24, 2.45) is 12.8 Å². The van der Waals surface area contributed by atoms with Gasteiger partial charge in [0.15, 0.2) is 0 Å². The minimum absolute atomic E-state index is 0.591. The van der Waals surface area contributed by atoms with Gasteiger partial charge in [0.25, 0.3) is 0 Å². The molecule has 68 valence electrons. The molecule has 2 aromatic rings. The summed E-state index contributed by atoms with van der Waals surface area (Å²) in [5.41, 5.74) is 8.07. The maximum Gasteiger partial charge on any atom is 0.0481 e. The van der Waals surface area contributed by atoms with E-state index in [0.717, 1.165) is 4.47 Å². The predicted octanol–water partition coefficient (Wildman–Crippen LogP) is 2.40. The molecule has 0 radical (unpaired) electrons. The van der Waals surface area contributed by atoms with Crippen LogP contribution in [0.2, 0.25) is 0 Å². The molecule has 0 aliphatic rings. The van der Waals surface area contributed by atoms with E-state index in [1.165, 1.54) is 16.5 Å². The zero-order valence-corrected chi connectivity index (χ0v) is 9.01. The third-order valence-electron chi connectivity index (χ3n) is 2.25. The Morgan fingerprint density at radius 2 is 2.23 bits per heavy atom. The molecule has 0 fully saturated rings. The molecule has 0 atom stereocenters. The largest absolute Gasteiger partial charge is 0.350 e. The Labute approximate surface area is 85.5 Å². The van der Waals surface area contributed by atoms with Crippen LogP contribution >= 0.6 is 15.9 Å². The summed E-state index contributed by atoms with van der Waals surface area (Å²) in [4.78, 5) is 0. The Hall–Kier alpha value is -0.800. The van der Waals surface area contributed by atoms with Crippen molar-refractivity contribution in [2.75, 3.05) is 0 Å². The van der Waals surface area contributed by atoms with E-state index in [1.54, 1.807) is 0 Å². The smallest absolute Gasteiger partial charge is 0.0481 e. The first kappa shape index (κ1) is 8.78. The van der Waals surface area contributed by atoms with Gasteiger partial charge in [0.2, 0.25) is 0 Å². The highest BCUT2D eigenvalue weighted by Gasteiger charge is 2.04. The average molecular weight is 239 g/mol. The summed E-state index contributed by atoms with van der Waals surface area (Å²) in [5, 5.41) is 1.24. The number of aromatic nitrogens is 1. The van der Waals surface area contributed by atoms with Crippen LogP contribution in [0.1, 0.15) is 5.56 Å². The van der Waals surface area contributed by atoms with Gasteiger partial charge in [0.05, 0.1) is 0 Å². The first-order valence-electron chi connectivity index (χ1n) is 4.16. The van der Waals surface area contributed by atoms with Crippen molar-refractivity contribution < 1.29 is 0 Å². The summed E-state index contributed by atoms with van der Waals surface area (Å²) < 4.78 is 3.20. The van der Waals surface area contributed by atoms with Gasteiger partial charge >= 0.3 is 0 Å². The van der Waals surface area contributed by atoms with E-state index in [9.17, 15) is 0 Å². The van der Waals surface area contributed by atoms with Crippen LogP contribution in [0.5, 0.6) is 0 Å². The predicted molar refractivity (Wildman–Crippen MR) is 58.5 cm³/mol. The lowest BCUT2D eigenvalue weighted by Crippen LogP contribution is -1.94. The summed E-state index contributed by atoms with van der Waals surface area (Å²) in [6.07, 6.45) is 2.08. The second kappa shape index (κ2) is 3.16. The number of benzene rings is 1. The fraction of sp³-hybridized carbons (Fsp3) is 0.200. The average Bonchev–Trinajstić information content (AvgIpc) is 2.42. The van der Waals surface area contributed by atoms with Gasteiger partial charge in [-0.2, -0.15) is 0 Å². The number of nitrogens with two attached hydrogens (primary N) is 1. The molecule has 0 aliphatic heterocycles. The van der Waals surface area contributed by atoms with Crippen molar-refractivity contribution in [1.82, 2.24) is 4.57 Å². The lowest BCUT2D eigenvalue weighted by molar-refractivity contribution is 0.949. The monoisotopic (exact) mass is 238 g/mol.